The zero-order valence-corrected chi connectivity index (χ0v) is 12.9. The lowest BCUT2D eigenvalue weighted by molar-refractivity contribution is 0.225. The largest absolute Gasteiger partial charge is 0.394 e. The van der Waals surface area contributed by atoms with Crippen LogP contribution < -0.4 is 10.6 Å². The van der Waals surface area contributed by atoms with E-state index < -0.39 is 6.04 Å². The topological polar surface area (TPSA) is 61.4 Å². The van der Waals surface area contributed by atoms with Gasteiger partial charge in [0, 0.05) is 3.57 Å². The van der Waals surface area contributed by atoms with Crippen LogP contribution in [0, 0.1) is 3.57 Å². The Labute approximate surface area is 131 Å². The Balaban J connectivity index is 2.02. The Bertz CT molecular complexity index is 575. The van der Waals surface area contributed by atoms with Crippen molar-refractivity contribution >= 4 is 34.3 Å². The average molecular weight is 382 g/mol. The molecule has 0 fully saturated rings. The SMILES string of the molecule is O=C(Nc1ccccc1I)N[C@H](CO)c1ccccc1. The van der Waals surface area contributed by atoms with Gasteiger partial charge in [0.25, 0.3) is 0 Å². The monoisotopic (exact) mass is 382 g/mol. The van der Waals surface area contributed by atoms with Crippen molar-refractivity contribution in [3.05, 3.63) is 63.7 Å². The lowest BCUT2D eigenvalue weighted by Crippen LogP contribution is -2.34. The first-order chi connectivity index (χ1) is 9.70. The number of hydrogen-bond acceptors (Lipinski definition) is 2. The summed E-state index contributed by atoms with van der Waals surface area (Å²) in [6, 6.07) is 16.1. The summed E-state index contributed by atoms with van der Waals surface area (Å²) in [7, 11) is 0. The normalized spacial score (nSPS) is 11.7. The van der Waals surface area contributed by atoms with E-state index in [1.807, 2.05) is 54.6 Å². The second kappa shape index (κ2) is 7.25. The van der Waals surface area contributed by atoms with Crippen LogP contribution in [0.2, 0.25) is 0 Å². The molecule has 0 saturated heterocycles. The molecular formula is C15H15IN2O2. The predicted octanol–water partition coefficient (Wildman–Crippen LogP) is 3.15. The number of amides is 2. The van der Waals surface area contributed by atoms with Crippen LogP contribution in [-0.4, -0.2) is 17.7 Å². The van der Waals surface area contributed by atoms with Gasteiger partial charge in [0.1, 0.15) is 0 Å². The van der Waals surface area contributed by atoms with Crippen LogP contribution in [0.25, 0.3) is 0 Å². The molecule has 0 aliphatic rings. The number of carbonyl (C=O) groups excluding carboxylic acids is 1. The van der Waals surface area contributed by atoms with Gasteiger partial charge in [0.05, 0.1) is 18.3 Å². The number of hydrogen-bond donors (Lipinski definition) is 3. The average Bonchev–Trinajstić information content (AvgIpc) is 2.48. The quantitative estimate of drug-likeness (QED) is 0.712. The van der Waals surface area contributed by atoms with Crippen molar-refractivity contribution < 1.29 is 9.90 Å². The highest BCUT2D eigenvalue weighted by Gasteiger charge is 2.13. The van der Waals surface area contributed by atoms with Gasteiger partial charge >= 0.3 is 6.03 Å². The van der Waals surface area contributed by atoms with Crippen LogP contribution in [-0.2, 0) is 0 Å². The molecule has 0 aliphatic heterocycles. The Kier molecular flexibility index (Phi) is 5.37. The second-order valence-electron chi connectivity index (χ2n) is 4.22. The van der Waals surface area contributed by atoms with E-state index in [4.69, 9.17) is 0 Å². The number of halogens is 1. The number of benzene rings is 2. The molecular weight excluding hydrogens is 367 g/mol. The third kappa shape index (κ3) is 3.94. The highest BCUT2D eigenvalue weighted by Crippen LogP contribution is 2.17. The van der Waals surface area contributed by atoms with Gasteiger partial charge in [0.15, 0.2) is 0 Å². The minimum absolute atomic E-state index is 0.149. The maximum absolute atomic E-state index is 12.0. The van der Waals surface area contributed by atoms with E-state index in [0.29, 0.717) is 0 Å². The third-order valence-corrected chi connectivity index (χ3v) is 3.75. The molecule has 0 aliphatic carbocycles. The van der Waals surface area contributed by atoms with Crippen molar-refractivity contribution in [3.63, 3.8) is 0 Å². The van der Waals surface area contributed by atoms with Crippen LogP contribution in [0.4, 0.5) is 10.5 Å². The summed E-state index contributed by atoms with van der Waals surface area (Å²) in [5.74, 6) is 0. The van der Waals surface area contributed by atoms with Gasteiger partial charge in [0.2, 0.25) is 0 Å². The summed E-state index contributed by atoms with van der Waals surface area (Å²) >= 11 is 2.16. The summed E-state index contributed by atoms with van der Waals surface area (Å²) < 4.78 is 0.959. The molecule has 0 spiro atoms. The van der Waals surface area contributed by atoms with E-state index in [-0.39, 0.29) is 12.6 Å². The Hall–Kier alpha value is -1.60. The molecule has 5 heteroatoms. The van der Waals surface area contributed by atoms with E-state index in [2.05, 4.69) is 33.2 Å². The lowest BCUT2D eigenvalue weighted by atomic mass is 10.1. The van der Waals surface area contributed by atoms with E-state index in [0.717, 1.165) is 14.8 Å². The van der Waals surface area contributed by atoms with Crippen molar-refractivity contribution in [2.45, 2.75) is 6.04 Å². The van der Waals surface area contributed by atoms with Crippen LogP contribution in [0.5, 0.6) is 0 Å². The fourth-order valence-electron chi connectivity index (χ4n) is 1.80. The molecule has 2 aromatic carbocycles. The summed E-state index contributed by atoms with van der Waals surface area (Å²) in [4.78, 5) is 12.0. The molecule has 0 heterocycles. The minimum Gasteiger partial charge on any atom is -0.394 e. The zero-order valence-electron chi connectivity index (χ0n) is 10.7. The molecule has 2 aromatic rings. The van der Waals surface area contributed by atoms with Gasteiger partial charge in [-0.15, -0.1) is 0 Å². The lowest BCUT2D eigenvalue weighted by Gasteiger charge is -2.17. The van der Waals surface area contributed by atoms with Crippen molar-refractivity contribution in [3.8, 4) is 0 Å². The van der Waals surface area contributed by atoms with Gasteiger partial charge in [-0.1, -0.05) is 42.5 Å². The van der Waals surface area contributed by atoms with Crippen LogP contribution in [0.1, 0.15) is 11.6 Å². The van der Waals surface area contributed by atoms with E-state index in [1.54, 1.807) is 0 Å². The Morgan fingerprint density at radius 3 is 2.40 bits per heavy atom. The number of urea groups is 1. The van der Waals surface area contributed by atoms with Crippen molar-refractivity contribution in [1.29, 1.82) is 0 Å². The molecule has 104 valence electrons. The first-order valence-corrected chi connectivity index (χ1v) is 7.26. The number of para-hydroxylation sites is 1. The molecule has 2 amide bonds. The van der Waals surface area contributed by atoms with Crippen molar-refractivity contribution in [1.82, 2.24) is 5.32 Å². The molecule has 3 N–H and O–H groups in total. The van der Waals surface area contributed by atoms with Crippen molar-refractivity contribution in [2.75, 3.05) is 11.9 Å². The third-order valence-electron chi connectivity index (χ3n) is 2.81. The molecule has 2 rings (SSSR count). The van der Waals surface area contributed by atoms with E-state index in [1.165, 1.54) is 0 Å². The number of rotatable bonds is 4. The fraction of sp³-hybridized carbons (Fsp3) is 0.133. The number of anilines is 1. The standard InChI is InChI=1S/C15H15IN2O2/c16-12-8-4-5-9-13(12)17-15(20)18-14(10-19)11-6-2-1-3-7-11/h1-9,14,19H,10H2,(H2,17,18,20)/t14-/m1/s1. The minimum atomic E-state index is -0.419. The summed E-state index contributed by atoms with van der Waals surface area (Å²) in [6.45, 7) is -0.149. The van der Waals surface area contributed by atoms with Crippen LogP contribution >= 0.6 is 22.6 Å². The first kappa shape index (κ1) is 14.8. The van der Waals surface area contributed by atoms with Crippen LogP contribution in [0.15, 0.2) is 54.6 Å². The van der Waals surface area contributed by atoms with E-state index >= 15 is 0 Å². The van der Waals surface area contributed by atoms with Crippen molar-refractivity contribution in [2.24, 2.45) is 0 Å². The smallest absolute Gasteiger partial charge is 0.319 e. The molecule has 4 nitrogen and oxygen atoms in total. The highest BCUT2D eigenvalue weighted by molar-refractivity contribution is 14.1. The number of nitrogens with one attached hydrogen (secondary N) is 2. The van der Waals surface area contributed by atoms with Gasteiger partial charge in [-0.3, -0.25) is 0 Å². The van der Waals surface area contributed by atoms with Crippen LogP contribution in [0.3, 0.4) is 0 Å². The summed E-state index contributed by atoms with van der Waals surface area (Å²) in [6.07, 6.45) is 0. The van der Waals surface area contributed by atoms with Gasteiger partial charge in [-0.2, -0.15) is 0 Å². The number of carbonyl (C=O) groups is 1. The maximum Gasteiger partial charge on any atom is 0.319 e. The van der Waals surface area contributed by atoms with E-state index in [9.17, 15) is 9.90 Å². The van der Waals surface area contributed by atoms with Gasteiger partial charge in [-0.25, -0.2) is 4.79 Å². The molecule has 1 atom stereocenters. The Morgan fingerprint density at radius 1 is 1.10 bits per heavy atom. The predicted molar refractivity (Wildman–Crippen MR) is 87.6 cm³/mol. The zero-order chi connectivity index (χ0) is 14.4. The highest BCUT2D eigenvalue weighted by atomic mass is 127. The molecule has 0 saturated carbocycles. The number of aliphatic hydroxyl groups is 1. The molecule has 20 heavy (non-hydrogen) atoms. The fourth-order valence-corrected chi connectivity index (χ4v) is 2.32. The molecule has 0 aromatic heterocycles. The Morgan fingerprint density at radius 2 is 1.75 bits per heavy atom. The molecule has 0 bridgehead atoms. The summed E-state index contributed by atoms with van der Waals surface area (Å²) in [5.41, 5.74) is 1.61. The summed E-state index contributed by atoms with van der Waals surface area (Å²) in [5, 5.41) is 14.9. The van der Waals surface area contributed by atoms with Gasteiger partial charge < -0.3 is 15.7 Å². The first-order valence-electron chi connectivity index (χ1n) is 6.18. The second-order valence-corrected chi connectivity index (χ2v) is 5.39. The molecule has 0 unspecified atom stereocenters. The number of aliphatic hydroxyl groups excluding tert-OH is 1. The maximum atomic E-state index is 12.0. The van der Waals surface area contributed by atoms with Gasteiger partial charge in [-0.05, 0) is 40.3 Å². The molecule has 0 radical (unpaired) electrons.